The maximum absolute atomic E-state index is 14.1. The molecular weight excluding hydrogens is 231 g/mol. The summed E-state index contributed by atoms with van der Waals surface area (Å²) in [5, 5.41) is 1.95. The molecule has 0 saturated carbocycles. The van der Waals surface area contributed by atoms with Crippen molar-refractivity contribution in [3.63, 3.8) is 0 Å². The van der Waals surface area contributed by atoms with Crippen molar-refractivity contribution in [1.29, 1.82) is 0 Å². The van der Waals surface area contributed by atoms with E-state index < -0.39 is 0 Å². The van der Waals surface area contributed by atoms with Crippen molar-refractivity contribution in [2.45, 2.75) is 33.1 Å². The maximum Gasteiger partial charge on any atom is 0.140 e. The van der Waals surface area contributed by atoms with Gasteiger partial charge in [-0.3, -0.25) is 0 Å². The standard InChI is InChI=1S/C15H17FS/c1-10(2)15-14(16)13(9-17-15)8-12-6-4-11(3)5-7-12/h4-7,9-10H,8H2,1-3H3. The van der Waals surface area contributed by atoms with Crippen LogP contribution in [-0.4, -0.2) is 0 Å². The van der Waals surface area contributed by atoms with Gasteiger partial charge in [0.2, 0.25) is 0 Å². The van der Waals surface area contributed by atoms with Gasteiger partial charge in [0.15, 0.2) is 0 Å². The fourth-order valence-corrected chi connectivity index (χ4v) is 2.79. The fourth-order valence-electron chi connectivity index (χ4n) is 1.83. The zero-order valence-electron chi connectivity index (χ0n) is 10.5. The quantitative estimate of drug-likeness (QED) is 0.724. The fraction of sp³-hybridized carbons (Fsp3) is 0.333. The van der Waals surface area contributed by atoms with E-state index in [1.54, 1.807) is 0 Å². The van der Waals surface area contributed by atoms with Crippen LogP contribution in [0, 0.1) is 12.7 Å². The average Bonchev–Trinajstić information content (AvgIpc) is 2.64. The molecule has 1 aromatic carbocycles. The van der Waals surface area contributed by atoms with E-state index in [2.05, 4.69) is 31.2 Å². The highest BCUT2D eigenvalue weighted by atomic mass is 32.1. The Hall–Kier alpha value is -1.15. The molecule has 0 nitrogen and oxygen atoms in total. The SMILES string of the molecule is Cc1ccc(Cc2csc(C(C)C)c2F)cc1. The van der Waals surface area contributed by atoms with Crippen LogP contribution in [0.3, 0.4) is 0 Å². The lowest BCUT2D eigenvalue weighted by Gasteiger charge is -2.03. The summed E-state index contributed by atoms with van der Waals surface area (Å²) < 4.78 is 14.1. The van der Waals surface area contributed by atoms with Gasteiger partial charge in [-0.15, -0.1) is 11.3 Å². The predicted octanol–water partition coefficient (Wildman–Crippen LogP) is 4.91. The van der Waals surface area contributed by atoms with Crippen LogP contribution in [-0.2, 0) is 6.42 Å². The van der Waals surface area contributed by atoms with Crippen molar-refractivity contribution in [2.75, 3.05) is 0 Å². The van der Waals surface area contributed by atoms with Crippen LogP contribution in [0.4, 0.5) is 4.39 Å². The van der Waals surface area contributed by atoms with Gasteiger partial charge in [-0.05, 0) is 23.8 Å². The molecule has 2 rings (SSSR count). The summed E-state index contributed by atoms with van der Waals surface area (Å²) in [4.78, 5) is 0.868. The lowest BCUT2D eigenvalue weighted by atomic mass is 10.0. The molecule has 0 aliphatic heterocycles. The van der Waals surface area contributed by atoms with E-state index in [9.17, 15) is 4.39 Å². The van der Waals surface area contributed by atoms with E-state index >= 15 is 0 Å². The normalized spacial score (nSPS) is 11.1. The zero-order valence-corrected chi connectivity index (χ0v) is 11.3. The zero-order chi connectivity index (χ0) is 12.4. The molecule has 0 aliphatic rings. The van der Waals surface area contributed by atoms with Crippen LogP contribution in [0.25, 0.3) is 0 Å². The Balaban J connectivity index is 2.22. The van der Waals surface area contributed by atoms with E-state index in [1.165, 1.54) is 22.5 Å². The largest absolute Gasteiger partial charge is 0.205 e. The first-order chi connectivity index (χ1) is 8.08. The van der Waals surface area contributed by atoms with Crippen LogP contribution in [0.15, 0.2) is 29.6 Å². The van der Waals surface area contributed by atoms with Gasteiger partial charge >= 0.3 is 0 Å². The Labute approximate surface area is 106 Å². The second-order valence-electron chi connectivity index (χ2n) is 4.76. The lowest BCUT2D eigenvalue weighted by molar-refractivity contribution is 0.596. The number of benzene rings is 1. The summed E-state index contributed by atoms with van der Waals surface area (Å²) in [6.45, 7) is 6.13. The summed E-state index contributed by atoms with van der Waals surface area (Å²) in [6.07, 6.45) is 0.690. The molecule has 0 aliphatic carbocycles. The van der Waals surface area contributed by atoms with Gasteiger partial charge in [-0.1, -0.05) is 43.7 Å². The van der Waals surface area contributed by atoms with Crippen LogP contribution in [0.5, 0.6) is 0 Å². The first-order valence-corrected chi connectivity index (χ1v) is 6.77. The number of rotatable bonds is 3. The number of halogens is 1. The van der Waals surface area contributed by atoms with E-state index in [0.717, 1.165) is 10.4 Å². The summed E-state index contributed by atoms with van der Waals surface area (Å²) in [5.41, 5.74) is 3.23. The van der Waals surface area contributed by atoms with Gasteiger partial charge in [-0.2, -0.15) is 0 Å². The van der Waals surface area contributed by atoms with Crippen molar-refractivity contribution in [1.82, 2.24) is 0 Å². The van der Waals surface area contributed by atoms with Gasteiger partial charge in [0, 0.05) is 16.9 Å². The molecule has 1 aromatic heterocycles. The number of thiophene rings is 1. The molecule has 2 heteroatoms. The average molecular weight is 248 g/mol. The van der Waals surface area contributed by atoms with Crippen LogP contribution in [0.1, 0.15) is 41.3 Å². The van der Waals surface area contributed by atoms with Gasteiger partial charge in [-0.25, -0.2) is 4.39 Å². The Bertz CT molecular complexity index is 494. The van der Waals surface area contributed by atoms with E-state index in [0.29, 0.717) is 6.42 Å². The number of aryl methyl sites for hydroxylation is 1. The second-order valence-corrected chi connectivity index (χ2v) is 5.67. The first-order valence-electron chi connectivity index (χ1n) is 5.89. The molecule has 17 heavy (non-hydrogen) atoms. The third-order valence-corrected chi connectivity index (χ3v) is 4.17. The Morgan fingerprint density at radius 2 is 1.82 bits per heavy atom. The molecule has 0 saturated heterocycles. The second kappa shape index (κ2) is 5.01. The smallest absolute Gasteiger partial charge is 0.140 e. The molecule has 90 valence electrons. The third-order valence-electron chi connectivity index (χ3n) is 2.87. The monoisotopic (exact) mass is 248 g/mol. The summed E-state index contributed by atoms with van der Waals surface area (Å²) >= 11 is 1.53. The molecule has 0 amide bonds. The first kappa shape index (κ1) is 12.3. The lowest BCUT2D eigenvalue weighted by Crippen LogP contribution is -1.92. The number of hydrogen-bond acceptors (Lipinski definition) is 1. The molecule has 0 atom stereocenters. The molecule has 0 unspecified atom stereocenters. The molecule has 0 radical (unpaired) electrons. The van der Waals surface area contributed by atoms with Crippen molar-refractivity contribution in [3.8, 4) is 0 Å². The Morgan fingerprint density at radius 3 is 2.35 bits per heavy atom. The summed E-state index contributed by atoms with van der Waals surface area (Å²) in [5.74, 6) is 0.261. The van der Waals surface area contributed by atoms with Crippen molar-refractivity contribution in [3.05, 3.63) is 57.0 Å². The topological polar surface area (TPSA) is 0 Å². The highest BCUT2D eigenvalue weighted by Gasteiger charge is 2.14. The maximum atomic E-state index is 14.1. The molecule has 0 fully saturated rings. The van der Waals surface area contributed by atoms with Crippen LogP contribution >= 0.6 is 11.3 Å². The predicted molar refractivity (Wildman–Crippen MR) is 72.4 cm³/mol. The highest BCUT2D eigenvalue weighted by molar-refractivity contribution is 7.10. The van der Waals surface area contributed by atoms with Crippen molar-refractivity contribution >= 4 is 11.3 Å². The van der Waals surface area contributed by atoms with E-state index in [-0.39, 0.29) is 11.7 Å². The summed E-state index contributed by atoms with van der Waals surface area (Å²) in [7, 11) is 0. The third kappa shape index (κ3) is 2.75. The van der Waals surface area contributed by atoms with Gasteiger partial charge < -0.3 is 0 Å². The van der Waals surface area contributed by atoms with E-state index in [4.69, 9.17) is 0 Å². The molecule has 1 heterocycles. The van der Waals surface area contributed by atoms with Gasteiger partial charge in [0.1, 0.15) is 5.82 Å². The highest BCUT2D eigenvalue weighted by Crippen LogP contribution is 2.29. The molecule has 0 N–H and O–H groups in total. The minimum Gasteiger partial charge on any atom is -0.205 e. The molecule has 0 bridgehead atoms. The minimum absolute atomic E-state index is 0.00873. The van der Waals surface area contributed by atoms with Crippen molar-refractivity contribution < 1.29 is 4.39 Å². The molecular formula is C15H17FS. The van der Waals surface area contributed by atoms with Crippen LogP contribution in [0.2, 0.25) is 0 Å². The minimum atomic E-state index is -0.00873. The summed E-state index contributed by atoms with van der Waals surface area (Å²) in [6, 6.07) is 8.29. The Kier molecular flexibility index (Phi) is 3.63. The van der Waals surface area contributed by atoms with Gasteiger partial charge in [0.05, 0.1) is 0 Å². The molecule has 2 aromatic rings. The van der Waals surface area contributed by atoms with Crippen LogP contribution < -0.4 is 0 Å². The van der Waals surface area contributed by atoms with E-state index in [1.807, 2.05) is 19.2 Å². The van der Waals surface area contributed by atoms with Crippen molar-refractivity contribution in [2.24, 2.45) is 0 Å². The molecule has 0 spiro atoms. The van der Waals surface area contributed by atoms with Gasteiger partial charge in [0.25, 0.3) is 0 Å². The number of hydrogen-bond donors (Lipinski definition) is 0. The Morgan fingerprint density at radius 1 is 1.18 bits per heavy atom.